The molecule has 5 nitrogen and oxygen atoms in total. The molecule has 3 rings (SSSR count). The zero-order chi connectivity index (χ0) is 16.9. The molecule has 1 amide bonds. The van der Waals surface area contributed by atoms with E-state index in [-0.39, 0.29) is 12.0 Å². The number of carbonyl (C=O) groups is 1. The summed E-state index contributed by atoms with van der Waals surface area (Å²) in [7, 11) is 0. The van der Waals surface area contributed by atoms with Gasteiger partial charge in [-0.3, -0.25) is 4.79 Å². The van der Waals surface area contributed by atoms with Gasteiger partial charge in [-0.25, -0.2) is 0 Å². The summed E-state index contributed by atoms with van der Waals surface area (Å²) in [6.45, 7) is 4.46. The van der Waals surface area contributed by atoms with Crippen molar-refractivity contribution in [3.05, 3.63) is 54.1 Å². The number of carbonyl (C=O) groups excluding carboxylic acids is 1. The lowest BCUT2D eigenvalue weighted by Crippen LogP contribution is -2.44. The van der Waals surface area contributed by atoms with Crippen molar-refractivity contribution in [2.75, 3.05) is 13.2 Å². The van der Waals surface area contributed by atoms with Crippen LogP contribution in [0.3, 0.4) is 0 Å². The Labute approximate surface area is 141 Å². The molecule has 0 aliphatic carbocycles. The third kappa shape index (κ3) is 3.79. The number of ether oxygens (including phenoxy) is 3. The first-order valence-corrected chi connectivity index (χ1v) is 8.02. The van der Waals surface area contributed by atoms with Gasteiger partial charge in [0, 0.05) is 0 Å². The molecule has 0 spiro atoms. The molecule has 0 fully saturated rings. The van der Waals surface area contributed by atoms with E-state index in [4.69, 9.17) is 14.2 Å². The van der Waals surface area contributed by atoms with E-state index in [0.717, 1.165) is 11.3 Å². The van der Waals surface area contributed by atoms with Gasteiger partial charge in [0.25, 0.3) is 5.91 Å². The summed E-state index contributed by atoms with van der Waals surface area (Å²) < 4.78 is 17.2. The minimum atomic E-state index is -0.581. The lowest BCUT2D eigenvalue weighted by Gasteiger charge is -2.27. The fourth-order valence-corrected chi connectivity index (χ4v) is 2.45. The summed E-state index contributed by atoms with van der Waals surface area (Å²) >= 11 is 0. The Morgan fingerprint density at radius 1 is 1.21 bits per heavy atom. The number of aryl methyl sites for hydroxylation is 1. The van der Waals surface area contributed by atoms with Crippen molar-refractivity contribution < 1.29 is 19.0 Å². The maximum absolute atomic E-state index is 12.2. The molecule has 2 atom stereocenters. The SMILES string of the molecule is Cc1ccccc1O[C@@H](C)C(=O)NC[C@H]1COc2ccccc2O1. The van der Waals surface area contributed by atoms with E-state index in [2.05, 4.69) is 5.32 Å². The summed E-state index contributed by atoms with van der Waals surface area (Å²) in [4.78, 5) is 12.2. The average molecular weight is 327 g/mol. The highest BCUT2D eigenvalue weighted by molar-refractivity contribution is 5.80. The molecule has 2 aromatic rings. The molecule has 0 unspecified atom stereocenters. The molecule has 1 aliphatic heterocycles. The third-order valence-electron chi connectivity index (χ3n) is 3.84. The summed E-state index contributed by atoms with van der Waals surface area (Å²) in [5.41, 5.74) is 0.998. The molecule has 5 heteroatoms. The highest BCUT2D eigenvalue weighted by atomic mass is 16.6. The first kappa shape index (κ1) is 16.2. The monoisotopic (exact) mass is 327 g/mol. The normalized spacial score (nSPS) is 17.0. The molecular formula is C19H21NO4. The Morgan fingerprint density at radius 2 is 1.92 bits per heavy atom. The van der Waals surface area contributed by atoms with E-state index in [9.17, 15) is 4.79 Å². The van der Waals surface area contributed by atoms with Gasteiger partial charge in [-0.2, -0.15) is 0 Å². The summed E-state index contributed by atoms with van der Waals surface area (Å²) in [5.74, 6) is 1.97. The van der Waals surface area contributed by atoms with Gasteiger partial charge in [0.05, 0.1) is 6.54 Å². The van der Waals surface area contributed by atoms with Crippen molar-refractivity contribution in [2.24, 2.45) is 0 Å². The summed E-state index contributed by atoms with van der Waals surface area (Å²) in [5, 5.41) is 2.85. The Morgan fingerprint density at radius 3 is 2.71 bits per heavy atom. The Balaban J connectivity index is 1.50. The van der Waals surface area contributed by atoms with Gasteiger partial charge in [0.15, 0.2) is 17.6 Å². The first-order valence-electron chi connectivity index (χ1n) is 8.02. The van der Waals surface area contributed by atoms with Crippen molar-refractivity contribution >= 4 is 5.91 Å². The minimum absolute atomic E-state index is 0.180. The van der Waals surface area contributed by atoms with Crippen LogP contribution in [0.5, 0.6) is 17.2 Å². The summed E-state index contributed by atoms with van der Waals surface area (Å²) in [6, 6.07) is 15.1. The largest absolute Gasteiger partial charge is 0.486 e. The number of benzene rings is 2. The summed E-state index contributed by atoms with van der Waals surface area (Å²) in [6.07, 6.45) is -0.794. The standard InChI is InChI=1S/C19H21NO4/c1-13-7-3-4-8-16(13)23-14(2)19(21)20-11-15-12-22-17-9-5-6-10-18(17)24-15/h3-10,14-15H,11-12H2,1-2H3,(H,20,21)/t14-,15-/m0/s1. The van der Waals surface area contributed by atoms with Gasteiger partial charge in [-0.15, -0.1) is 0 Å². The number of rotatable bonds is 5. The number of hydrogen-bond acceptors (Lipinski definition) is 4. The molecule has 1 heterocycles. The molecule has 0 aromatic heterocycles. The second kappa shape index (κ2) is 7.25. The van der Waals surface area contributed by atoms with Crippen LogP contribution in [0.2, 0.25) is 0 Å². The van der Waals surface area contributed by atoms with Crippen LogP contribution in [0.25, 0.3) is 0 Å². The van der Waals surface area contributed by atoms with Crippen LogP contribution < -0.4 is 19.5 Å². The molecule has 0 bridgehead atoms. The first-order chi connectivity index (χ1) is 11.6. The van der Waals surface area contributed by atoms with Crippen LogP contribution in [0.1, 0.15) is 12.5 Å². The fourth-order valence-electron chi connectivity index (χ4n) is 2.45. The predicted molar refractivity (Wildman–Crippen MR) is 90.6 cm³/mol. The number of hydrogen-bond donors (Lipinski definition) is 1. The van der Waals surface area contributed by atoms with Crippen LogP contribution in [0.4, 0.5) is 0 Å². The lowest BCUT2D eigenvalue weighted by molar-refractivity contribution is -0.127. The molecule has 126 valence electrons. The quantitative estimate of drug-likeness (QED) is 0.917. The fraction of sp³-hybridized carbons (Fsp3) is 0.316. The lowest BCUT2D eigenvalue weighted by atomic mass is 10.2. The molecule has 1 N–H and O–H groups in total. The number of fused-ring (bicyclic) bond motifs is 1. The molecular weight excluding hydrogens is 306 g/mol. The second-order valence-corrected chi connectivity index (χ2v) is 5.77. The van der Waals surface area contributed by atoms with Gasteiger partial charge in [0.2, 0.25) is 0 Å². The second-order valence-electron chi connectivity index (χ2n) is 5.77. The number of nitrogens with one attached hydrogen (secondary N) is 1. The van der Waals surface area contributed by atoms with Crippen molar-refractivity contribution in [3.63, 3.8) is 0 Å². The average Bonchev–Trinajstić information content (AvgIpc) is 2.61. The van der Waals surface area contributed by atoms with Crippen molar-refractivity contribution in [3.8, 4) is 17.2 Å². The molecule has 1 aliphatic rings. The van der Waals surface area contributed by atoms with Crippen molar-refractivity contribution in [2.45, 2.75) is 26.1 Å². The Kier molecular flexibility index (Phi) is 4.89. The van der Waals surface area contributed by atoms with Crippen LogP contribution in [-0.4, -0.2) is 31.3 Å². The van der Waals surface area contributed by atoms with Gasteiger partial charge in [-0.1, -0.05) is 30.3 Å². The van der Waals surface area contributed by atoms with Crippen LogP contribution in [0, 0.1) is 6.92 Å². The van der Waals surface area contributed by atoms with Crippen LogP contribution in [-0.2, 0) is 4.79 Å². The van der Waals surface area contributed by atoms with Gasteiger partial charge < -0.3 is 19.5 Å². The van der Waals surface area contributed by atoms with E-state index >= 15 is 0 Å². The minimum Gasteiger partial charge on any atom is -0.486 e. The van der Waals surface area contributed by atoms with Crippen LogP contribution >= 0.6 is 0 Å². The maximum atomic E-state index is 12.2. The third-order valence-corrected chi connectivity index (χ3v) is 3.84. The van der Waals surface area contributed by atoms with Crippen molar-refractivity contribution in [1.82, 2.24) is 5.32 Å². The highest BCUT2D eigenvalue weighted by Crippen LogP contribution is 2.30. The van der Waals surface area contributed by atoms with Crippen molar-refractivity contribution in [1.29, 1.82) is 0 Å². The van der Waals surface area contributed by atoms with Gasteiger partial charge in [0.1, 0.15) is 18.5 Å². The Hall–Kier alpha value is -2.69. The molecule has 0 saturated heterocycles. The zero-order valence-electron chi connectivity index (χ0n) is 13.8. The molecule has 24 heavy (non-hydrogen) atoms. The van der Waals surface area contributed by atoms with Crippen LogP contribution in [0.15, 0.2) is 48.5 Å². The maximum Gasteiger partial charge on any atom is 0.260 e. The zero-order valence-corrected chi connectivity index (χ0v) is 13.8. The molecule has 0 radical (unpaired) electrons. The van der Waals surface area contributed by atoms with Gasteiger partial charge in [-0.05, 0) is 37.6 Å². The number of para-hydroxylation sites is 3. The van der Waals surface area contributed by atoms with E-state index in [1.807, 2.05) is 55.5 Å². The van der Waals surface area contributed by atoms with E-state index < -0.39 is 6.10 Å². The predicted octanol–water partition coefficient (Wildman–Crippen LogP) is 2.72. The highest BCUT2D eigenvalue weighted by Gasteiger charge is 2.22. The van der Waals surface area contributed by atoms with E-state index in [0.29, 0.717) is 24.7 Å². The smallest absolute Gasteiger partial charge is 0.260 e. The van der Waals surface area contributed by atoms with E-state index in [1.54, 1.807) is 6.92 Å². The number of amides is 1. The van der Waals surface area contributed by atoms with Gasteiger partial charge >= 0.3 is 0 Å². The topological polar surface area (TPSA) is 56.8 Å². The molecule has 2 aromatic carbocycles. The van der Waals surface area contributed by atoms with E-state index in [1.165, 1.54) is 0 Å². The molecule has 0 saturated carbocycles. The Bertz CT molecular complexity index is 716.